The van der Waals surface area contributed by atoms with E-state index < -0.39 is 11.7 Å². The zero-order chi connectivity index (χ0) is 29.4. The molecule has 1 amide bonds. The molecule has 0 aromatic heterocycles. The van der Waals surface area contributed by atoms with E-state index in [9.17, 15) is 18.0 Å². The zero-order valence-electron chi connectivity index (χ0n) is 23.7. The van der Waals surface area contributed by atoms with Gasteiger partial charge in [-0.1, -0.05) is 26.5 Å². The fourth-order valence-corrected chi connectivity index (χ4v) is 4.43. The van der Waals surface area contributed by atoms with E-state index in [0.717, 1.165) is 43.8 Å². The highest BCUT2D eigenvalue weighted by Gasteiger charge is 2.33. The molecule has 0 saturated carbocycles. The lowest BCUT2D eigenvalue weighted by molar-refractivity contribution is -0.137. The van der Waals surface area contributed by atoms with Crippen molar-refractivity contribution in [2.75, 3.05) is 26.7 Å². The normalized spacial score (nSPS) is 16.9. The number of benzene rings is 1. The Bertz CT molecular complexity index is 1130. The quantitative estimate of drug-likeness (QED) is 0.258. The number of amides is 1. The monoisotopic (exact) mass is 547 g/mol. The summed E-state index contributed by atoms with van der Waals surface area (Å²) in [4.78, 5) is 27.3. The van der Waals surface area contributed by atoms with E-state index in [1.54, 1.807) is 20.1 Å². The summed E-state index contributed by atoms with van der Waals surface area (Å²) in [6, 6.07) is 3.52. The van der Waals surface area contributed by atoms with Crippen LogP contribution in [0.1, 0.15) is 58.6 Å². The van der Waals surface area contributed by atoms with Crippen molar-refractivity contribution in [1.82, 2.24) is 10.2 Å². The number of allylic oxidation sites excluding steroid dienone is 2. The Balaban J connectivity index is 1.87. The lowest BCUT2D eigenvalue weighted by atomic mass is 9.82. The minimum Gasteiger partial charge on any atom is -0.481 e. The van der Waals surface area contributed by atoms with Crippen molar-refractivity contribution in [3.8, 4) is 0 Å². The molecule has 0 bridgehead atoms. The number of methoxy groups -OCH3 is 1. The second-order valence-corrected chi connectivity index (χ2v) is 10.3. The number of alkyl halides is 3. The highest BCUT2D eigenvalue weighted by Crippen LogP contribution is 2.35. The first-order valence-corrected chi connectivity index (χ1v) is 12.9. The standard InChI is InChI=1S/C29H40F3N5O2/c1-9-25(36-27(10-2)39-8)28(5,6)14-13-19(3)37-17-22(18-37)35-26(38)16-34-20(4)23-15-21(29(30,31)32)11-12-24(23)33-7/h9-12,15,19,22H,2,7,13-14,16-18H2,1,3-6,8H3,(H,35,38). The molecule has 0 radical (unpaired) electrons. The van der Waals surface area contributed by atoms with Crippen LogP contribution in [0.4, 0.5) is 18.9 Å². The van der Waals surface area contributed by atoms with Crippen molar-refractivity contribution in [3.05, 3.63) is 53.8 Å². The van der Waals surface area contributed by atoms with Crippen LogP contribution in [-0.2, 0) is 15.7 Å². The van der Waals surface area contributed by atoms with E-state index >= 15 is 0 Å². The van der Waals surface area contributed by atoms with Gasteiger partial charge < -0.3 is 10.1 Å². The molecule has 39 heavy (non-hydrogen) atoms. The number of carbonyl (C=O) groups excluding carboxylic acids is 1. The predicted octanol–water partition coefficient (Wildman–Crippen LogP) is 5.98. The molecule has 1 fully saturated rings. The van der Waals surface area contributed by atoms with Crippen molar-refractivity contribution >= 4 is 29.9 Å². The van der Waals surface area contributed by atoms with Crippen LogP contribution in [0.5, 0.6) is 0 Å². The molecule has 2 rings (SSSR count). The average Bonchev–Trinajstić information content (AvgIpc) is 2.87. The molecule has 1 aliphatic heterocycles. The van der Waals surface area contributed by atoms with Crippen LogP contribution in [0.3, 0.4) is 0 Å². The van der Waals surface area contributed by atoms with Crippen LogP contribution in [0.15, 0.2) is 57.6 Å². The number of nitrogens with zero attached hydrogens (tertiary/aromatic N) is 4. The van der Waals surface area contributed by atoms with E-state index in [4.69, 9.17) is 4.74 Å². The maximum absolute atomic E-state index is 13.1. The molecule has 1 saturated heterocycles. The minimum atomic E-state index is -4.49. The third-order valence-corrected chi connectivity index (χ3v) is 7.01. The first-order chi connectivity index (χ1) is 18.2. The van der Waals surface area contributed by atoms with Gasteiger partial charge in [0.2, 0.25) is 11.8 Å². The lowest BCUT2D eigenvalue weighted by Crippen LogP contribution is -2.61. The highest BCUT2D eigenvalue weighted by molar-refractivity contribution is 6.04. The first kappa shape index (κ1) is 31.9. The third-order valence-electron chi connectivity index (χ3n) is 7.01. The van der Waals surface area contributed by atoms with Crippen molar-refractivity contribution in [3.63, 3.8) is 0 Å². The molecule has 0 spiro atoms. The van der Waals surface area contributed by atoms with Gasteiger partial charge in [-0.2, -0.15) is 13.2 Å². The molecule has 1 aliphatic rings. The number of nitrogens with one attached hydrogen (secondary N) is 1. The SMILES string of the molecule is C=CC(=NC(=CC)C(C)(C)CCC(C)N1CC(NC(=O)CN=C(C)c2cc(C(F)(F)F)ccc2N=C)C1)OC. The van der Waals surface area contributed by atoms with Gasteiger partial charge in [-0.15, -0.1) is 0 Å². The maximum Gasteiger partial charge on any atom is 0.416 e. The van der Waals surface area contributed by atoms with Crippen LogP contribution < -0.4 is 5.32 Å². The molecule has 1 aromatic rings. The Morgan fingerprint density at radius 2 is 1.97 bits per heavy atom. The number of halogens is 3. The van der Waals surface area contributed by atoms with Gasteiger partial charge >= 0.3 is 6.18 Å². The predicted molar refractivity (Wildman–Crippen MR) is 152 cm³/mol. The van der Waals surface area contributed by atoms with E-state index in [2.05, 4.69) is 59.3 Å². The zero-order valence-corrected chi connectivity index (χ0v) is 23.7. The van der Waals surface area contributed by atoms with Gasteiger partial charge in [-0.05, 0) is 64.6 Å². The van der Waals surface area contributed by atoms with E-state index in [1.807, 2.05) is 13.0 Å². The first-order valence-electron chi connectivity index (χ1n) is 12.9. The average molecular weight is 548 g/mol. The van der Waals surface area contributed by atoms with Gasteiger partial charge in [-0.25, -0.2) is 4.99 Å². The summed E-state index contributed by atoms with van der Waals surface area (Å²) in [5, 5.41) is 2.95. The maximum atomic E-state index is 13.1. The largest absolute Gasteiger partial charge is 0.481 e. The summed E-state index contributed by atoms with van der Waals surface area (Å²) in [7, 11) is 1.57. The summed E-state index contributed by atoms with van der Waals surface area (Å²) in [5.41, 5.74) is 0.767. The number of hydrogen-bond donors (Lipinski definition) is 1. The summed E-state index contributed by atoms with van der Waals surface area (Å²) in [5.74, 6) is 0.206. The number of rotatable bonds is 12. The molecule has 214 valence electrons. The summed E-state index contributed by atoms with van der Waals surface area (Å²) in [6.07, 6.45) is 0.969. The van der Waals surface area contributed by atoms with Gasteiger partial charge in [0.25, 0.3) is 0 Å². The van der Waals surface area contributed by atoms with Crippen LogP contribution in [-0.4, -0.2) is 68.0 Å². The number of likely N-dealkylation sites (tertiary alicyclic amines) is 1. The molecule has 7 nitrogen and oxygen atoms in total. The summed E-state index contributed by atoms with van der Waals surface area (Å²) >= 11 is 0. The van der Waals surface area contributed by atoms with Gasteiger partial charge in [-0.3, -0.25) is 19.7 Å². The Kier molecular flexibility index (Phi) is 11.2. The Morgan fingerprint density at radius 1 is 1.31 bits per heavy atom. The van der Waals surface area contributed by atoms with E-state index in [0.29, 0.717) is 17.7 Å². The smallest absolute Gasteiger partial charge is 0.416 e. The lowest BCUT2D eigenvalue weighted by Gasteiger charge is -2.44. The fourth-order valence-electron chi connectivity index (χ4n) is 4.43. The van der Waals surface area contributed by atoms with Crippen molar-refractivity contribution < 1.29 is 22.7 Å². The van der Waals surface area contributed by atoms with E-state index in [-0.39, 0.29) is 35.2 Å². The molecular weight excluding hydrogens is 507 g/mol. The van der Waals surface area contributed by atoms with Gasteiger partial charge in [0.05, 0.1) is 24.4 Å². The molecule has 1 unspecified atom stereocenters. The van der Waals surface area contributed by atoms with Gasteiger partial charge in [0.15, 0.2) is 0 Å². The van der Waals surface area contributed by atoms with Crippen LogP contribution in [0.25, 0.3) is 0 Å². The molecule has 1 atom stereocenters. The third kappa shape index (κ3) is 8.88. The van der Waals surface area contributed by atoms with Gasteiger partial charge in [0, 0.05) is 41.5 Å². The summed E-state index contributed by atoms with van der Waals surface area (Å²) in [6.45, 7) is 18.4. The number of ether oxygens (including phenoxy) is 1. The number of hydrogen-bond acceptors (Lipinski definition) is 6. The van der Waals surface area contributed by atoms with Crippen LogP contribution in [0, 0.1) is 5.41 Å². The fraction of sp³-hybridized carbons (Fsp3) is 0.517. The second kappa shape index (κ2) is 13.7. The summed E-state index contributed by atoms with van der Waals surface area (Å²) < 4.78 is 44.6. The van der Waals surface area contributed by atoms with Crippen molar-refractivity contribution in [2.45, 2.75) is 65.7 Å². The Morgan fingerprint density at radius 3 is 2.51 bits per heavy atom. The van der Waals surface area contributed by atoms with Crippen molar-refractivity contribution in [1.29, 1.82) is 0 Å². The molecule has 10 heteroatoms. The second-order valence-electron chi connectivity index (χ2n) is 10.3. The molecular formula is C29H40F3N5O2. The Hall–Kier alpha value is -3.27. The topological polar surface area (TPSA) is 78.7 Å². The molecule has 1 heterocycles. The molecule has 0 aliphatic carbocycles. The molecule has 1 N–H and O–H groups in total. The van der Waals surface area contributed by atoms with E-state index in [1.165, 1.54) is 6.07 Å². The van der Waals surface area contributed by atoms with Crippen LogP contribution in [0.2, 0.25) is 0 Å². The van der Waals surface area contributed by atoms with Crippen LogP contribution >= 0.6 is 0 Å². The van der Waals surface area contributed by atoms with Crippen molar-refractivity contribution in [2.24, 2.45) is 20.4 Å². The number of carbonyl (C=O) groups is 1. The number of aliphatic imine (C=N–C) groups is 3. The highest BCUT2D eigenvalue weighted by atomic mass is 19.4. The molecule has 1 aromatic carbocycles. The minimum absolute atomic E-state index is 0.00924. The van der Waals surface area contributed by atoms with Gasteiger partial charge in [0.1, 0.15) is 6.54 Å². The Labute approximate surface area is 229 Å².